The zero-order valence-electron chi connectivity index (χ0n) is 18.2. The molecule has 3 atom stereocenters. The summed E-state index contributed by atoms with van der Waals surface area (Å²) in [7, 11) is 0. The van der Waals surface area contributed by atoms with Crippen LogP contribution in [0.5, 0.6) is 5.75 Å². The van der Waals surface area contributed by atoms with Crippen LogP contribution in [0, 0.1) is 5.92 Å². The highest BCUT2D eigenvalue weighted by molar-refractivity contribution is 6.24. The molecular weight excluding hydrogens is 487 g/mol. The lowest BCUT2D eigenvalue weighted by molar-refractivity contribution is -0.137. The van der Waals surface area contributed by atoms with E-state index in [0.717, 1.165) is 18.2 Å². The van der Waals surface area contributed by atoms with Gasteiger partial charge in [-0.05, 0) is 42.0 Å². The summed E-state index contributed by atoms with van der Waals surface area (Å²) in [6, 6.07) is 17.3. The first-order valence-corrected chi connectivity index (χ1v) is 10.8. The fraction of sp³-hybridized carbons (Fsp3) is 0.200. The average molecular weight is 504 g/mol. The van der Waals surface area contributed by atoms with Crippen LogP contribution in [0.25, 0.3) is 0 Å². The van der Waals surface area contributed by atoms with Gasteiger partial charge < -0.3 is 4.74 Å². The van der Waals surface area contributed by atoms with Crippen molar-refractivity contribution >= 4 is 23.2 Å². The van der Waals surface area contributed by atoms with Crippen molar-refractivity contribution in [3.8, 4) is 5.75 Å². The second-order valence-electron chi connectivity index (χ2n) is 8.13. The quantitative estimate of drug-likeness (QED) is 0.346. The Balaban J connectivity index is 1.57. The van der Waals surface area contributed by atoms with Gasteiger partial charge in [-0.15, -0.1) is 0 Å². The van der Waals surface area contributed by atoms with Gasteiger partial charge in [-0.1, -0.05) is 42.5 Å². The maximum Gasteiger partial charge on any atom is 0.418 e. The number of fused-ring (bicyclic) bond motifs is 1. The second-order valence-corrected chi connectivity index (χ2v) is 8.13. The summed E-state index contributed by atoms with van der Waals surface area (Å²) in [5.74, 6) is -3.10. The van der Waals surface area contributed by atoms with Gasteiger partial charge in [0.15, 0.2) is 6.10 Å². The minimum Gasteiger partial charge on any atom is -0.435 e. The van der Waals surface area contributed by atoms with E-state index in [-0.39, 0.29) is 5.75 Å². The minimum absolute atomic E-state index is 0.120. The fourth-order valence-corrected chi connectivity index (χ4v) is 4.54. The predicted molar refractivity (Wildman–Crippen MR) is 117 cm³/mol. The summed E-state index contributed by atoms with van der Waals surface area (Å²) in [4.78, 5) is 33.2. The van der Waals surface area contributed by atoms with Crippen LogP contribution in [0.2, 0.25) is 0 Å². The number of amides is 2. The standard InChI is InChI=1S/C25H17F5N2O4/c26-24(27)35-16-12-10-14(11-13-16)20-19-21(36-32(20)15-6-2-1-3-7-15)23(34)31(22(19)33)18-9-5-4-8-17(18)25(28,29)30/h1-13,19-21,24H/t19-,20+,21+/m0/s1. The Kier molecular flexibility index (Phi) is 5.87. The molecule has 2 aliphatic rings. The molecule has 3 aromatic rings. The maximum absolute atomic E-state index is 13.6. The molecule has 0 aliphatic carbocycles. The number of rotatable bonds is 5. The van der Waals surface area contributed by atoms with Crippen molar-refractivity contribution in [1.82, 2.24) is 0 Å². The molecule has 2 heterocycles. The molecule has 2 amide bonds. The molecule has 6 nitrogen and oxygen atoms in total. The van der Waals surface area contributed by atoms with E-state index in [0.29, 0.717) is 16.2 Å². The Morgan fingerprint density at radius 3 is 2.11 bits per heavy atom. The second kappa shape index (κ2) is 8.90. The lowest BCUT2D eigenvalue weighted by Gasteiger charge is -2.29. The van der Waals surface area contributed by atoms with Crippen LogP contribution in [0.3, 0.4) is 0 Å². The lowest BCUT2D eigenvalue weighted by atomic mass is 9.90. The molecule has 0 saturated carbocycles. The summed E-state index contributed by atoms with van der Waals surface area (Å²) < 4.78 is 70.5. The molecule has 0 spiro atoms. The maximum atomic E-state index is 13.6. The predicted octanol–water partition coefficient (Wildman–Crippen LogP) is 5.36. The summed E-state index contributed by atoms with van der Waals surface area (Å²) in [5.41, 5.74) is -0.798. The van der Waals surface area contributed by atoms with Crippen LogP contribution in [-0.2, 0) is 20.6 Å². The van der Waals surface area contributed by atoms with E-state index in [1.54, 1.807) is 30.3 Å². The molecule has 36 heavy (non-hydrogen) atoms. The van der Waals surface area contributed by atoms with Crippen molar-refractivity contribution in [2.45, 2.75) is 24.9 Å². The number of ether oxygens (including phenoxy) is 1. The number of hydrogen-bond acceptors (Lipinski definition) is 5. The van der Waals surface area contributed by atoms with Gasteiger partial charge in [0.05, 0.1) is 23.0 Å². The molecule has 186 valence electrons. The van der Waals surface area contributed by atoms with Gasteiger partial charge in [0, 0.05) is 0 Å². The molecule has 0 N–H and O–H groups in total. The first-order chi connectivity index (χ1) is 17.2. The van der Waals surface area contributed by atoms with Crippen molar-refractivity contribution in [2.24, 2.45) is 5.92 Å². The number of anilines is 2. The van der Waals surface area contributed by atoms with E-state index in [4.69, 9.17) is 4.84 Å². The molecule has 2 aliphatic heterocycles. The third-order valence-electron chi connectivity index (χ3n) is 6.02. The van der Waals surface area contributed by atoms with Gasteiger partial charge in [0.1, 0.15) is 11.7 Å². The number of alkyl halides is 5. The smallest absolute Gasteiger partial charge is 0.418 e. The van der Waals surface area contributed by atoms with Crippen molar-refractivity contribution in [2.75, 3.05) is 9.96 Å². The molecule has 3 aromatic carbocycles. The van der Waals surface area contributed by atoms with E-state index < -0.39 is 53.9 Å². The Bertz CT molecular complexity index is 1280. The van der Waals surface area contributed by atoms with Crippen LogP contribution in [0.4, 0.5) is 33.3 Å². The molecule has 5 rings (SSSR count). The average Bonchev–Trinajstić information content (AvgIpc) is 3.35. The van der Waals surface area contributed by atoms with Crippen molar-refractivity contribution in [1.29, 1.82) is 0 Å². The number of nitrogens with zero attached hydrogens (tertiary/aromatic N) is 2. The minimum atomic E-state index is -4.80. The van der Waals surface area contributed by atoms with Crippen LogP contribution in [0.15, 0.2) is 78.9 Å². The number of para-hydroxylation sites is 2. The largest absolute Gasteiger partial charge is 0.435 e. The van der Waals surface area contributed by atoms with Gasteiger partial charge >= 0.3 is 12.8 Å². The van der Waals surface area contributed by atoms with Crippen molar-refractivity contribution < 1.29 is 41.1 Å². The van der Waals surface area contributed by atoms with Gasteiger partial charge in [0.2, 0.25) is 5.91 Å². The highest BCUT2D eigenvalue weighted by Crippen LogP contribution is 2.49. The molecule has 0 radical (unpaired) electrons. The Morgan fingerprint density at radius 2 is 1.47 bits per heavy atom. The van der Waals surface area contributed by atoms with Crippen molar-refractivity contribution in [3.63, 3.8) is 0 Å². The summed E-state index contributed by atoms with van der Waals surface area (Å²) >= 11 is 0. The molecule has 0 aromatic heterocycles. The number of halogens is 5. The van der Waals surface area contributed by atoms with Gasteiger partial charge in [-0.25, -0.2) is 9.96 Å². The number of hydroxylamine groups is 1. The Hall–Kier alpha value is -3.99. The Morgan fingerprint density at radius 1 is 0.833 bits per heavy atom. The van der Waals surface area contributed by atoms with Crippen molar-refractivity contribution in [3.05, 3.63) is 90.0 Å². The molecule has 2 fully saturated rings. The highest BCUT2D eigenvalue weighted by atomic mass is 19.4. The zero-order chi connectivity index (χ0) is 25.6. The molecule has 11 heteroatoms. The van der Waals surface area contributed by atoms with Gasteiger partial charge in [-0.2, -0.15) is 22.0 Å². The molecule has 0 unspecified atom stereocenters. The third kappa shape index (κ3) is 4.05. The summed E-state index contributed by atoms with van der Waals surface area (Å²) in [6.45, 7) is -3.04. The monoisotopic (exact) mass is 504 g/mol. The van der Waals surface area contributed by atoms with Crippen LogP contribution < -0.4 is 14.7 Å². The van der Waals surface area contributed by atoms with E-state index in [2.05, 4.69) is 4.74 Å². The normalized spacial score (nSPS) is 21.9. The summed E-state index contributed by atoms with van der Waals surface area (Å²) in [5, 5.41) is 1.35. The number of hydrogen-bond donors (Lipinski definition) is 0. The zero-order valence-corrected chi connectivity index (χ0v) is 18.2. The molecule has 2 saturated heterocycles. The van der Waals surface area contributed by atoms with E-state index in [1.165, 1.54) is 35.4 Å². The highest BCUT2D eigenvalue weighted by Gasteiger charge is 2.61. The van der Waals surface area contributed by atoms with E-state index in [1.807, 2.05) is 0 Å². The first kappa shape index (κ1) is 23.7. The summed E-state index contributed by atoms with van der Waals surface area (Å²) in [6.07, 6.45) is -6.19. The topological polar surface area (TPSA) is 59.1 Å². The van der Waals surface area contributed by atoms with Crippen LogP contribution in [0.1, 0.15) is 17.2 Å². The fourth-order valence-electron chi connectivity index (χ4n) is 4.54. The number of carbonyl (C=O) groups is 2. The van der Waals surface area contributed by atoms with Crippen LogP contribution >= 0.6 is 0 Å². The molecule has 0 bridgehead atoms. The van der Waals surface area contributed by atoms with Crippen LogP contribution in [-0.4, -0.2) is 24.5 Å². The van der Waals surface area contributed by atoms with E-state index >= 15 is 0 Å². The number of imide groups is 1. The third-order valence-corrected chi connectivity index (χ3v) is 6.02. The number of benzene rings is 3. The van der Waals surface area contributed by atoms with Gasteiger partial charge in [-0.3, -0.25) is 14.4 Å². The lowest BCUT2D eigenvalue weighted by Crippen LogP contribution is -2.38. The number of carbonyl (C=O) groups excluding carboxylic acids is 2. The molecular formula is C25H17F5N2O4. The SMILES string of the molecule is O=C1[C@H]2[C@@H](c3ccc(OC(F)F)cc3)N(c3ccccc3)O[C@H]2C(=O)N1c1ccccc1C(F)(F)F. The Labute approximate surface area is 201 Å². The van der Waals surface area contributed by atoms with E-state index in [9.17, 15) is 31.5 Å². The first-order valence-electron chi connectivity index (χ1n) is 10.8. The van der Waals surface area contributed by atoms with Gasteiger partial charge in [0.25, 0.3) is 5.91 Å².